The van der Waals surface area contributed by atoms with Crippen molar-refractivity contribution in [1.82, 2.24) is 15.7 Å². The van der Waals surface area contributed by atoms with Crippen LogP contribution in [-0.2, 0) is 89.5 Å². The number of benzene rings is 2. The van der Waals surface area contributed by atoms with Crippen LogP contribution in [0.3, 0.4) is 0 Å². The third-order valence-electron chi connectivity index (χ3n) is 11.0. The van der Waals surface area contributed by atoms with Gasteiger partial charge < -0.3 is 20.4 Å². The second-order valence-corrected chi connectivity index (χ2v) is 26.3. The molecular weight excluding hydrogens is 1150 g/mol. The average molecular weight is 1210 g/mol. The Morgan fingerprint density at radius 3 is 1.71 bits per heavy atom. The lowest BCUT2D eigenvalue weighted by molar-refractivity contribution is -0.441. The molecule has 1 fully saturated rings. The third kappa shape index (κ3) is 23.1. The fourth-order valence-electron chi connectivity index (χ4n) is 7.49. The number of carbonyl (C=O) groups is 5. The van der Waals surface area contributed by atoms with E-state index < -0.39 is 142 Å². The molecule has 8 N–H and O–H groups in total. The van der Waals surface area contributed by atoms with Crippen molar-refractivity contribution in [3.63, 3.8) is 0 Å². The van der Waals surface area contributed by atoms with Gasteiger partial charge in [-0.1, -0.05) is 12.5 Å². The summed E-state index contributed by atoms with van der Waals surface area (Å²) in [6.45, 7) is 4.40. The molecule has 0 spiro atoms. The van der Waals surface area contributed by atoms with E-state index >= 15 is 0 Å². The predicted octanol–water partition coefficient (Wildman–Crippen LogP) is 0.707. The maximum absolute atomic E-state index is 13.3. The number of amides is 4. The Morgan fingerprint density at radius 1 is 0.675 bits per heavy atom. The van der Waals surface area contributed by atoms with Crippen LogP contribution in [0.1, 0.15) is 75.8 Å². The van der Waals surface area contributed by atoms with Crippen LogP contribution < -0.4 is 15.5 Å². The smallest absolute Gasteiger partial charge is 0.345 e. The summed E-state index contributed by atoms with van der Waals surface area (Å²) in [5, 5.41) is 3.78. The molecule has 0 saturated carbocycles. The summed E-state index contributed by atoms with van der Waals surface area (Å²) < 4.78 is 201. The van der Waals surface area contributed by atoms with Gasteiger partial charge in [0.1, 0.15) is 30.1 Å². The van der Waals surface area contributed by atoms with Gasteiger partial charge in [-0.15, -0.1) is 5.06 Å². The Labute approximate surface area is 444 Å². The Hall–Kier alpha value is -5.60. The van der Waals surface area contributed by atoms with Crippen LogP contribution in [0.2, 0.25) is 0 Å². The summed E-state index contributed by atoms with van der Waals surface area (Å²) in [6, 6.07) is 2.56. The molecule has 3 rings (SSSR count). The average Bonchev–Trinajstić information content (AvgIpc) is 3.58. The van der Waals surface area contributed by atoms with E-state index in [0.717, 1.165) is 18.2 Å². The summed E-state index contributed by atoms with van der Waals surface area (Å²) in [4.78, 5) is 68.4. The van der Waals surface area contributed by atoms with Crippen molar-refractivity contribution in [3.8, 4) is 0 Å². The van der Waals surface area contributed by atoms with E-state index in [1.165, 1.54) is 38.1 Å². The zero-order valence-electron chi connectivity index (χ0n) is 41.3. The van der Waals surface area contributed by atoms with E-state index in [0.29, 0.717) is 28.3 Å². The van der Waals surface area contributed by atoms with Crippen LogP contribution in [0.4, 0.5) is 11.4 Å². The maximum atomic E-state index is 13.3. The fraction of sp³-hybridized carbons (Fsp3) is 0.476. The maximum Gasteiger partial charge on any atom is 0.356 e. The van der Waals surface area contributed by atoms with Crippen LogP contribution >= 0.6 is 0 Å². The number of hydroxylamine groups is 2. The minimum atomic E-state index is -5.14. The van der Waals surface area contributed by atoms with Gasteiger partial charge in [-0.2, -0.15) is 55.1 Å². The number of rotatable bonds is 30. The van der Waals surface area contributed by atoms with Gasteiger partial charge in [0.05, 0.1) is 21.3 Å². The first-order valence-corrected chi connectivity index (χ1v) is 32.0. The lowest BCUT2D eigenvalue weighted by atomic mass is 10.1. The number of carbonyl (C=O) groups excluding carboxylic acids is 5. The molecule has 2 atom stereocenters. The van der Waals surface area contributed by atoms with Crippen molar-refractivity contribution >= 4 is 107 Å². The lowest BCUT2D eigenvalue weighted by Gasteiger charge is -2.27. The van der Waals surface area contributed by atoms with E-state index in [-0.39, 0.29) is 75.1 Å². The van der Waals surface area contributed by atoms with E-state index in [2.05, 4.69) is 4.84 Å². The number of aryl methyl sites for hydroxylation is 2. The van der Waals surface area contributed by atoms with Gasteiger partial charge in [0, 0.05) is 67.7 Å². The van der Waals surface area contributed by atoms with Crippen LogP contribution in [0.5, 0.6) is 0 Å². The number of hydrogen-bond donors (Lipinski definition) is 8. The van der Waals surface area contributed by atoms with Gasteiger partial charge >= 0.3 is 5.97 Å². The SMILES string of the molecule is CC(=CC=CC(CCCCCC(=O)NC(CS(=O)(=O)O)C(=O)NC(CS(=O)(=O)O)C(=O)ON1C(=O)CCC1=O)=[N+](CCCS(=O)(=O)O)c1ccc(S(=O)(=O)O)cc1C)N(CCCS(=O)(=O)O)c1ccc(S(=O)(=O)O)cc1C. The molecule has 0 aromatic heterocycles. The van der Waals surface area contributed by atoms with Gasteiger partial charge in [-0.3, -0.25) is 46.5 Å². The molecule has 1 aliphatic rings. The highest BCUT2D eigenvalue weighted by Crippen LogP contribution is 2.28. The number of imide groups is 1. The van der Waals surface area contributed by atoms with E-state index in [1.807, 2.05) is 5.32 Å². The van der Waals surface area contributed by atoms with Crippen LogP contribution in [0.15, 0.2) is 70.1 Å². The van der Waals surface area contributed by atoms with Gasteiger partial charge in [0.25, 0.3) is 72.5 Å². The molecule has 0 aliphatic carbocycles. The summed E-state index contributed by atoms with van der Waals surface area (Å²) in [6.07, 6.45) is 3.44. The second kappa shape index (κ2) is 27.3. The lowest BCUT2D eigenvalue weighted by Crippen LogP contribution is -2.56. The number of nitrogens with zero attached hydrogens (tertiary/aromatic N) is 3. The molecule has 2 aromatic rings. The zero-order valence-corrected chi connectivity index (χ0v) is 46.2. The first kappa shape index (κ1) is 65.7. The summed E-state index contributed by atoms with van der Waals surface area (Å²) in [5.74, 6) is -10.9. The van der Waals surface area contributed by atoms with Crippen molar-refractivity contribution in [2.24, 2.45) is 0 Å². The normalized spacial score (nSPS) is 15.3. The van der Waals surface area contributed by atoms with Crippen molar-refractivity contribution in [3.05, 3.63) is 71.5 Å². The Kier molecular flexibility index (Phi) is 23.3. The Bertz CT molecular complexity index is 3360. The van der Waals surface area contributed by atoms with Crippen LogP contribution in [-0.4, -0.2) is 171 Å². The number of anilines is 1. The molecule has 4 amide bonds. The van der Waals surface area contributed by atoms with E-state index in [1.54, 1.807) is 33.9 Å². The molecule has 2 aromatic carbocycles. The highest BCUT2D eigenvalue weighted by molar-refractivity contribution is 7.87. The van der Waals surface area contributed by atoms with Crippen molar-refractivity contribution in [2.75, 3.05) is 41.0 Å². The highest BCUT2D eigenvalue weighted by atomic mass is 32.2. The van der Waals surface area contributed by atoms with E-state index in [4.69, 9.17) is 0 Å². The number of allylic oxidation sites excluding steroid dienone is 4. The quantitative estimate of drug-likeness (QED) is 0.0133. The molecule has 0 radical (unpaired) electrons. The van der Waals surface area contributed by atoms with Crippen molar-refractivity contribution in [1.29, 1.82) is 0 Å². The number of nitrogens with one attached hydrogen (secondary N) is 2. The van der Waals surface area contributed by atoms with Gasteiger partial charge in [0.2, 0.25) is 17.5 Å². The molecule has 1 aliphatic heterocycles. The Balaban J connectivity index is 2.00. The summed E-state index contributed by atoms with van der Waals surface area (Å²) in [7, 11) is -28.5. The highest BCUT2D eigenvalue weighted by Gasteiger charge is 2.38. The molecule has 0 bridgehead atoms. The molecule has 35 heteroatoms. The predicted molar refractivity (Wildman–Crippen MR) is 271 cm³/mol. The molecule has 1 heterocycles. The molecule has 77 heavy (non-hydrogen) atoms. The minimum absolute atomic E-state index is 0.0111. The second-order valence-electron chi connectivity index (χ2n) is 17.3. The Morgan fingerprint density at radius 2 is 1.19 bits per heavy atom. The monoisotopic (exact) mass is 1210 g/mol. The van der Waals surface area contributed by atoms with Gasteiger partial charge in [0.15, 0.2) is 5.71 Å². The topological polar surface area (TPSA) is 454 Å². The molecule has 2 unspecified atom stereocenters. The minimum Gasteiger partial charge on any atom is -0.345 e. The fourth-order valence-corrected chi connectivity index (χ4v) is 10.9. The van der Waals surface area contributed by atoms with Crippen LogP contribution in [0, 0.1) is 13.8 Å². The first-order valence-electron chi connectivity index (χ1n) is 22.6. The molecular formula is C42H58N5O24S6+. The van der Waals surface area contributed by atoms with Gasteiger partial charge in [-0.25, -0.2) is 4.79 Å². The third-order valence-corrected chi connectivity index (χ3v) is 15.8. The first-order chi connectivity index (χ1) is 35.2. The molecule has 430 valence electrons. The van der Waals surface area contributed by atoms with Crippen molar-refractivity contribution in [2.45, 2.75) is 100 Å². The number of unbranched alkanes of at least 4 members (excludes halogenated alkanes) is 2. The van der Waals surface area contributed by atoms with Crippen LogP contribution in [0.25, 0.3) is 0 Å². The molecule has 1 saturated heterocycles. The summed E-state index contributed by atoms with van der Waals surface area (Å²) >= 11 is 0. The number of hydrogen-bond acceptors (Lipinski definition) is 19. The van der Waals surface area contributed by atoms with Gasteiger partial charge in [-0.05, 0) is 82.0 Å². The zero-order chi connectivity index (χ0) is 58.5. The van der Waals surface area contributed by atoms with E-state index in [9.17, 15) is 102 Å². The largest absolute Gasteiger partial charge is 0.356 e. The van der Waals surface area contributed by atoms with Crippen molar-refractivity contribution < 1.29 is 111 Å². The summed E-state index contributed by atoms with van der Waals surface area (Å²) in [5.41, 5.74) is 2.03. The molecule has 29 nitrogen and oxygen atoms in total. The standard InChI is InChI=1S/C42H57N5O24S6/c1-28-24-32(76(65,66)67)14-16-36(28)45(20-8-22-72(53,54)55)30(3)10-7-12-31(46(21-9-23-73(56,57)58)37-17-15-33(25-29(37)2)77(68,69)70)11-5-4-6-13-38(48)43-34(26-74(59,60)61)41(51)44-35(27-75(62,63)64)42(52)71-47-39(49)18-19-40(47)50/h7,10,12,14-17,24-25,34-35H,4-6,8-9,11,13,18-23,26-27H2,1-3H3,(H7-,43,44,48,51,53,54,55,56,57,58,59,60,61,62,63,64,65,66,67,68,69,70)/p+1.